The van der Waals surface area contributed by atoms with Crippen molar-refractivity contribution in [1.82, 2.24) is 4.90 Å². The first-order valence-electron chi connectivity index (χ1n) is 10.9. The zero-order chi connectivity index (χ0) is 22.7. The predicted octanol–water partition coefficient (Wildman–Crippen LogP) is 0.126. The van der Waals surface area contributed by atoms with E-state index in [1.165, 1.54) is 16.9 Å². The van der Waals surface area contributed by atoms with Gasteiger partial charge in [-0.3, -0.25) is 9.59 Å². The van der Waals surface area contributed by atoms with Crippen molar-refractivity contribution < 1.29 is 33.5 Å². The number of Topliss-reactive ketones (excluding diaryl/α,β-unsaturated/α-hetero) is 1. The third-order valence-electron chi connectivity index (χ3n) is 6.02. The number of methoxy groups -OCH3 is 1. The predicted molar refractivity (Wildman–Crippen MR) is 114 cm³/mol. The molecule has 1 aromatic carbocycles. The zero-order valence-electron chi connectivity index (χ0n) is 18.4. The van der Waals surface area contributed by atoms with Crippen molar-refractivity contribution in [3.05, 3.63) is 59.1 Å². The van der Waals surface area contributed by atoms with E-state index in [1.54, 1.807) is 43.3 Å². The number of carbonyl (C=O) groups is 2. The van der Waals surface area contributed by atoms with Crippen LogP contribution < -0.4 is 14.7 Å². The number of hydrogen-bond donors (Lipinski definition) is 1. The van der Waals surface area contributed by atoms with Gasteiger partial charge >= 0.3 is 0 Å². The molecule has 0 aliphatic carbocycles. The van der Waals surface area contributed by atoms with Crippen molar-refractivity contribution >= 4 is 17.4 Å². The zero-order valence-corrected chi connectivity index (χ0v) is 18.4. The van der Waals surface area contributed by atoms with Crippen molar-refractivity contribution in [2.45, 2.75) is 19.4 Å². The molecule has 1 N–H and O–H groups in total. The van der Waals surface area contributed by atoms with E-state index in [0.717, 1.165) is 32.8 Å². The Labute approximate surface area is 187 Å². The number of hydrogen-bond acceptors (Lipinski definition) is 6. The summed E-state index contributed by atoms with van der Waals surface area (Å²) in [6, 6.07) is 9.26. The quantitative estimate of drug-likeness (QED) is 0.373. The van der Waals surface area contributed by atoms with Crippen LogP contribution in [0, 0.1) is 6.92 Å². The Hall–Kier alpha value is -3.10. The van der Waals surface area contributed by atoms with E-state index in [2.05, 4.69) is 0 Å². The third kappa shape index (κ3) is 4.42. The highest BCUT2D eigenvalue weighted by Crippen LogP contribution is 2.39. The molecule has 2 fully saturated rings. The number of amides is 1. The minimum absolute atomic E-state index is 0.0728. The summed E-state index contributed by atoms with van der Waals surface area (Å²) in [6.07, 6.45) is 0.713. The van der Waals surface area contributed by atoms with Gasteiger partial charge in [-0.25, -0.2) is 0 Å². The average molecular weight is 440 g/mol. The van der Waals surface area contributed by atoms with Crippen molar-refractivity contribution in [3.63, 3.8) is 0 Å². The summed E-state index contributed by atoms with van der Waals surface area (Å²) in [7, 11) is 1.51. The maximum atomic E-state index is 13.4. The molecule has 8 heteroatoms. The molecule has 8 nitrogen and oxygen atoms in total. The van der Waals surface area contributed by atoms with E-state index in [-0.39, 0.29) is 5.57 Å². The van der Waals surface area contributed by atoms with E-state index in [4.69, 9.17) is 13.9 Å². The molecule has 2 saturated heterocycles. The molecule has 32 heavy (non-hydrogen) atoms. The topological polar surface area (TPSA) is 96.5 Å². The van der Waals surface area contributed by atoms with E-state index in [9.17, 15) is 14.7 Å². The molecule has 3 heterocycles. The molecule has 0 bridgehead atoms. The van der Waals surface area contributed by atoms with Crippen LogP contribution >= 0.6 is 0 Å². The molecule has 1 unspecified atom stereocenters. The van der Waals surface area contributed by atoms with Gasteiger partial charge in [-0.05, 0) is 36.8 Å². The smallest absolute Gasteiger partial charge is 0.295 e. The molecule has 0 saturated carbocycles. The molecular weight excluding hydrogens is 412 g/mol. The summed E-state index contributed by atoms with van der Waals surface area (Å²) in [5.74, 6) is -0.334. The Morgan fingerprint density at radius 3 is 2.69 bits per heavy atom. The van der Waals surface area contributed by atoms with Gasteiger partial charge in [0.15, 0.2) is 0 Å². The second-order valence-corrected chi connectivity index (χ2v) is 8.12. The van der Waals surface area contributed by atoms with Gasteiger partial charge in [0.2, 0.25) is 5.78 Å². The maximum Gasteiger partial charge on any atom is 0.295 e. The lowest BCUT2D eigenvalue weighted by molar-refractivity contribution is -0.908. The van der Waals surface area contributed by atoms with Crippen LogP contribution in [0.1, 0.15) is 29.5 Å². The van der Waals surface area contributed by atoms with Crippen molar-refractivity contribution in [1.29, 1.82) is 0 Å². The normalized spacial score (nSPS) is 21.3. The van der Waals surface area contributed by atoms with Crippen LogP contribution in [0.4, 0.5) is 0 Å². The molecule has 0 radical (unpaired) electrons. The van der Waals surface area contributed by atoms with E-state index < -0.39 is 23.5 Å². The van der Waals surface area contributed by atoms with Gasteiger partial charge in [-0.15, -0.1) is 0 Å². The second kappa shape index (κ2) is 9.58. The molecule has 4 rings (SSSR count). The van der Waals surface area contributed by atoms with Crippen LogP contribution in [-0.4, -0.2) is 63.1 Å². The highest BCUT2D eigenvalue weighted by Gasteiger charge is 2.45. The summed E-state index contributed by atoms with van der Waals surface area (Å²) in [4.78, 5) is 28.8. The number of carbonyl (C=O) groups excluding carboxylic acids is 2. The number of likely N-dealkylation sites (tertiary alicyclic amines) is 1. The maximum absolute atomic E-state index is 13.4. The van der Waals surface area contributed by atoms with Gasteiger partial charge in [0, 0.05) is 18.5 Å². The lowest BCUT2D eigenvalue weighted by atomic mass is 9.99. The molecule has 2 aromatic rings. The van der Waals surface area contributed by atoms with Crippen molar-refractivity contribution in [2.24, 2.45) is 0 Å². The lowest BCUT2D eigenvalue weighted by Gasteiger charge is -2.27. The standard InChI is InChI=1S/C24H28N2O6/c1-16-7-8-19(32-16)21-20(22(27)17-5-3-6-18(15-17)30-2)23(28)24(29)26(21)10-4-9-25-11-13-31-14-12-25/h3,5-8,15,21,27H,4,9-14H2,1-2H3/b22-20+. The number of aryl methyl sites for hydroxylation is 1. The molecule has 1 amide bonds. The SMILES string of the molecule is COc1cccc(/C([O-])=C2\C(=O)C(=O)N(CCC[NH+]3CCOCC3)C2c2ccc(C)o2)c1. The summed E-state index contributed by atoms with van der Waals surface area (Å²) in [5.41, 5.74) is 0.227. The number of ether oxygens (including phenoxy) is 2. The second-order valence-electron chi connectivity index (χ2n) is 8.12. The summed E-state index contributed by atoms with van der Waals surface area (Å²) in [6.45, 7) is 6.35. The molecular formula is C24H28N2O6. The average Bonchev–Trinajstić information content (AvgIpc) is 3.35. The summed E-state index contributed by atoms with van der Waals surface area (Å²) in [5, 5.41) is 13.4. The molecule has 2 aliphatic heterocycles. The number of ketones is 1. The number of benzene rings is 1. The van der Waals surface area contributed by atoms with Crippen molar-refractivity contribution in [3.8, 4) is 5.75 Å². The van der Waals surface area contributed by atoms with Gasteiger partial charge in [-0.2, -0.15) is 0 Å². The number of nitrogens with one attached hydrogen (secondary N) is 1. The number of furan rings is 1. The fourth-order valence-electron chi connectivity index (χ4n) is 4.33. The van der Waals surface area contributed by atoms with Gasteiger partial charge in [0.25, 0.3) is 5.91 Å². The number of morpholine rings is 1. The van der Waals surface area contributed by atoms with E-state index in [1.807, 2.05) is 0 Å². The highest BCUT2D eigenvalue weighted by molar-refractivity contribution is 6.46. The number of rotatable bonds is 7. The summed E-state index contributed by atoms with van der Waals surface area (Å²) >= 11 is 0. The minimum Gasteiger partial charge on any atom is -0.872 e. The van der Waals surface area contributed by atoms with Crippen LogP contribution in [0.25, 0.3) is 5.76 Å². The first-order valence-corrected chi connectivity index (χ1v) is 10.9. The highest BCUT2D eigenvalue weighted by atomic mass is 16.5. The van der Waals surface area contributed by atoms with Crippen LogP contribution in [0.5, 0.6) is 5.75 Å². The fraction of sp³-hybridized carbons (Fsp3) is 0.417. The molecule has 1 aromatic heterocycles. The third-order valence-corrected chi connectivity index (χ3v) is 6.02. The molecule has 170 valence electrons. The first-order chi connectivity index (χ1) is 15.5. The lowest BCUT2D eigenvalue weighted by Crippen LogP contribution is -3.14. The van der Waals surface area contributed by atoms with Gasteiger partial charge in [0.05, 0.1) is 26.9 Å². The molecule has 1 atom stereocenters. The van der Waals surface area contributed by atoms with Gasteiger partial charge in [-0.1, -0.05) is 17.9 Å². The van der Waals surface area contributed by atoms with Crippen molar-refractivity contribution in [2.75, 3.05) is 46.5 Å². The minimum atomic E-state index is -0.831. The number of quaternary nitrogens is 1. The Kier molecular flexibility index (Phi) is 6.62. The molecule has 2 aliphatic rings. The van der Waals surface area contributed by atoms with Gasteiger partial charge < -0.3 is 28.8 Å². The van der Waals surface area contributed by atoms with Gasteiger partial charge in [0.1, 0.15) is 36.4 Å². The largest absolute Gasteiger partial charge is 0.872 e. The van der Waals surface area contributed by atoms with E-state index >= 15 is 0 Å². The van der Waals surface area contributed by atoms with Crippen LogP contribution in [-0.2, 0) is 14.3 Å². The Balaban J connectivity index is 1.65. The Bertz CT molecular complexity index is 1020. The van der Waals surface area contributed by atoms with Crippen LogP contribution in [0.2, 0.25) is 0 Å². The Morgan fingerprint density at radius 1 is 1.22 bits per heavy atom. The molecule has 0 spiro atoms. The summed E-state index contributed by atoms with van der Waals surface area (Å²) < 4.78 is 16.4. The van der Waals surface area contributed by atoms with Crippen LogP contribution in [0.3, 0.4) is 0 Å². The fourth-order valence-corrected chi connectivity index (χ4v) is 4.33. The Morgan fingerprint density at radius 2 is 2.00 bits per heavy atom. The van der Waals surface area contributed by atoms with E-state index in [0.29, 0.717) is 35.8 Å². The monoisotopic (exact) mass is 440 g/mol. The number of nitrogens with zero attached hydrogens (tertiary/aromatic N) is 1. The van der Waals surface area contributed by atoms with Crippen LogP contribution in [0.15, 0.2) is 46.4 Å². The first kappa shape index (κ1) is 22.1.